The Kier molecular flexibility index (Phi) is 11.8. The molecule has 0 aliphatic heterocycles. The number of imidazole rings is 1. The van der Waals surface area contributed by atoms with Gasteiger partial charge >= 0.3 is 0 Å². The first-order valence-electron chi connectivity index (χ1n) is 9.74. The minimum atomic E-state index is 0. The van der Waals surface area contributed by atoms with Crippen LogP contribution in [0.4, 0.5) is 0 Å². The predicted molar refractivity (Wildman–Crippen MR) is 125 cm³/mol. The molecule has 5 nitrogen and oxygen atoms in total. The zero-order chi connectivity index (χ0) is 18.6. The lowest BCUT2D eigenvalue weighted by Gasteiger charge is -2.18. The molecule has 1 heterocycles. The third-order valence-electron chi connectivity index (χ3n) is 4.49. The number of aliphatic imine (C=N–C) groups is 1. The second-order valence-corrected chi connectivity index (χ2v) is 6.75. The van der Waals surface area contributed by atoms with Crippen molar-refractivity contribution < 1.29 is 0 Å². The van der Waals surface area contributed by atoms with Gasteiger partial charge in [0, 0.05) is 45.0 Å². The third kappa shape index (κ3) is 8.77. The summed E-state index contributed by atoms with van der Waals surface area (Å²) in [6.07, 6.45) is 9.78. The Morgan fingerprint density at radius 2 is 2.00 bits per heavy atom. The van der Waals surface area contributed by atoms with Crippen LogP contribution in [0.2, 0.25) is 0 Å². The summed E-state index contributed by atoms with van der Waals surface area (Å²) >= 11 is 0. The Bertz CT molecular complexity index is 654. The molecular weight excluding hydrogens is 449 g/mol. The lowest BCUT2D eigenvalue weighted by molar-refractivity contribution is 0.546. The number of benzene rings is 1. The topological polar surface area (TPSA) is 54.2 Å². The number of nitrogens with zero attached hydrogens (tertiary/aromatic N) is 3. The van der Waals surface area contributed by atoms with Gasteiger partial charge in [0.1, 0.15) is 5.82 Å². The van der Waals surface area contributed by atoms with Gasteiger partial charge in [-0.25, -0.2) is 4.98 Å². The van der Waals surface area contributed by atoms with Crippen molar-refractivity contribution in [3.05, 3.63) is 54.1 Å². The quantitative estimate of drug-likeness (QED) is 0.230. The van der Waals surface area contributed by atoms with Crippen molar-refractivity contribution in [1.82, 2.24) is 20.2 Å². The Morgan fingerprint density at radius 1 is 1.22 bits per heavy atom. The fraction of sp³-hybridized carbons (Fsp3) is 0.524. The summed E-state index contributed by atoms with van der Waals surface area (Å²) in [4.78, 5) is 8.84. The number of rotatable bonds is 10. The van der Waals surface area contributed by atoms with Crippen molar-refractivity contribution in [3.63, 3.8) is 0 Å². The predicted octanol–water partition coefficient (Wildman–Crippen LogP) is 4.23. The van der Waals surface area contributed by atoms with E-state index in [-0.39, 0.29) is 24.0 Å². The molecule has 2 rings (SSSR count). The Balaban J connectivity index is 0.00000364. The summed E-state index contributed by atoms with van der Waals surface area (Å²) in [5.74, 6) is 1.96. The molecule has 1 aromatic heterocycles. The normalized spacial score (nSPS) is 12.3. The number of nitrogens with one attached hydrogen (secondary N) is 2. The monoisotopic (exact) mass is 483 g/mol. The largest absolute Gasteiger partial charge is 0.356 e. The molecule has 0 radical (unpaired) electrons. The smallest absolute Gasteiger partial charge is 0.191 e. The maximum Gasteiger partial charge on any atom is 0.191 e. The van der Waals surface area contributed by atoms with E-state index in [4.69, 9.17) is 0 Å². The zero-order valence-corrected chi connectivity index (χ0v) is 19.1. The molecule has 0 spiro atoms. The first kappa shape index (κ1) is 23.5. The van der Waals surface area contributed by atoms with E-state index in [0.717, 1.165) is 31.3 Å². The fourth-order valence-corrected chi connectivity index (χ4v) is 2.99. The summed E-state index contributed by atoms with van der Waals surface area (Å²) in [6, 6.07) is 10.9. The number of aromatic nitrogens is 2. The lowest BCUT2D eigenvalue weighted by Crippen LogP contribution is -2.43. The van der Waals surface area contributed by atoms with Gasteiger partial charge in [0.2, 0.25) is 0 Å². The van der Waals surface area contributed by atoms with Crippen LogP contribution in [0.5, 0.6) is 0 Å². The van der Waals surface area contributed by atoms with Crippen LogP contribution in [0.25, 0.3) is 0 Å². The summed E-state index contributed by atoms with van der Waals surface area (Å²) in [5.41, 5.74) is 1.29. The van der Waals surface area contributed by atoms with E-state index in [2.05, 4.69) is 63.3 Å². The van der Waals surface area contributed by atoms with E-state index < -0.39 is 0 Å². The minimum Gasteiger partial charge on any atom is -0.356 e. The van der Waals surface area contributed by atoms with Crippen molar-refractivity contribution in [2.45, 2.75) is 58.5 Å². The molecule has 6 heteroatoms. The molecule has 2 N–H and O–H groups in total. The van der Waals surface area contributed by atoms with Gasteiger partial charge in [0.15, 0.2) is 5.96 Å². The molecule has 0 aliphatic rings. The molecule has 0 fully saturated rings. The minimum absolute atomic E-state index is 0. The highest BCUT2D eigenvalue weighted by Crippen LogP contribution is 2.06. The van der Waals surface area contributed by atoms with Gasteiger partial charge in [0.05, 0.1) is 0 Å². The van der Waals surface area contributed by atoms with Crippen molar-refractivity contribution in [2.75, 3.05) is 13.6 Å². The van der Waals surface area contributed by atoms with Crippen LogP contribution in [0.15, 0.2) is 47.7 Å². The number of hydrogen-bond acceptors (Lipinski definition) is 2. The van der Waals surface area contributed by atoms with Crippen LogP contribution in [0, 0.1) is 0 Å². The molecule has 0 saturated carbocycles. The van der Waals surface area contributed by atoms with Gasteiger partial charge in [-0.05, 0) is 18.9 Å². The van der Waals surface area contributed by atoms with Crippen LogP contribution < -0.4 is 10.6 Å². The molecule has 1 unspecified atom stereocenters. The van der Waals surface area contributed by atoms with Crippen LogP contribution in [-0.4, -0.2) is 35.1 Å². The van der Waals surface area contributed by atoms with Gasteiger partial charge in [-0.15, -0.1) is 24.0 Å². The molecule has 0 aliphatic carbocycles. The SMILES string of the molecule is CCCCCC(C)NC(=NC)NCCc1nccn1Cc1ccccc1.I. The first-order chi connectivity index (χ1) is 12.7. The van der Waals surface area contributed by atoms with Crippen LogP contribution in [0.1, 0.15) is 50.9 Å². The summed E-state index contributed by atoms with van der Waals surface area (Å²) in [6.45, 7) is 6.13. The number of guanidine groups is 1. The van der Waals surface area contributed by atoms with E-state index in [9.17, 15) is 0 Å². The van der Waals surface area contributed by atoms with Crippen molar-refractivity contribution in [2.24, 2.45) is 4.99 Å². The van der Waals surface area contributed by atoms with E-state index in [0.29, 0.717) is 6.04 Å². The molecular formula is C21H34IN5. The lowest BCUT2D eigenvalue weighted by atomic mass is 10.1. The molecule has 0 saturated heterocycles. The van der Waals surface area contributed by atoms with E-state index in [1.165, 1.54) is 31.2 Å². The summed E-state index contributed by atoms with van der Waals surface area (Å²) < 4.78 is 2.21. The van der Waals surface area contributed by atoms with Gasteiger partial charge < -0.3 is 15.2 Å². The average Bonchev–Trinajstić information content (AvgIpc) is 3.09. The first-order valence-corrected chi connectivity index (χ1v) is 9.74. The van der Waals surface area contributed by atoms with Crippen molar-refractivity contribution >= 4 is 29.9 Å². The van der Waals surface area contributed by atoms with E-state index in [1.807, 2.05) is 25.5 Å². The molecule has 0 amide bonds. The fourth-order valence-electron chi connectivity index (χ4n) is 2.99. The molecule has 0 bridgehead atoms. The molecule has 2 aromatic rings. The zero-order valence-electron chi connectivity index (χ0n) is 16.8. The van der Waals surface area contributed by atoms with Gasteiger partial charge in [-0.1, -0.05) is 56.5 Å². The number of hydrogen-bond donors (Lipinski definition) is 2. The van der Waals surface area contributed by atoms with E-state index >= 15 is 0 Å². The second kappa shape index (κ2) is 13.6. The maximum atomic E-state index is 4.51. The summed E-state index contributed by atoms with van der Waals surface area (Å²) in [5, 5.41) is 6.88. The second-order valence-electron chi connectivity index (χ2n) is 6.75. The summed E-state index contributed by atoms with van der Waals surface area (Å²) in [7, 11) is 1.82. The number of halogens is 1. The van der Waals surface area contributed by atoms with Gasteiger partial charge in [-0.2, -0.15) is 0 Å². The molecule has 27 heavy (non-hydrogen) atoms. The van der Waals surface area contributed by atoms with Gasteiger partial charge in [0.25, 0.3) is 0 Å². The Labute approximate surface area is 181 Å². The molecule has 1 atom stereocenters. The van der Waals surface area contributed by atoms with Gasteiger partial charge in [-0.3, -0.25) is 4.99 Å². The molecule has 1 aromatic carbocycles. The standard InChI is InChI=1S/C21H33N5.HI/c1-4-5-7-10-18(2)25-21(22-3)24-14-13-20-23-15-16-26(20)17-19-11-8-6-9-12-19;/h6,8-9,11-12,15-16,18H,4-5,7,10,13-14,17H2,1-3H3,(H2,22,24,25);1H. The Hall–Kier alpha value is -1.57. The maximum absolute atomic E-state index is 4.51. The van der Waals surface area contributed by atoms with E-state index in [1.54, 1.807) is 0 Å². The van der Waals surface area contributed by atoms with Crippen LogP contribution >= 0.6 is 24.0 Å². The van der Waals surface area contributed by atoms with Crippen LogP contribution in [-0.2, 0) is 13.0 Å². The number of unbranched alkanes of at least 4 members (excludes halogenated alkanes) is 2. The Morgan fingerprint density at radius 3 is 2.70 bits per heavy atom. The third-order valence-corrected chi connectivity index (χ3v) is 4.49. The van der Waals surface area contributed by atoms with Crippen molar-refractivity contribution in [3.8, 4) is 0 Å². The highest BCUT2D eigenvalue weighted by Gasteiger charge is 2.07. The highest BCUT2D eigenvalue weighted by molar-refractivity contribution is 14.0. The molecule has 150 valence electrons. The van der Waals surface area contributed by atoms with Crippen LogP contribution in [0.3, 0.4) is 0 Å². The average molecular weight is 483 g/mol. The highest BCUT2D eigenvalue weighted by atomic mass is 127. The van der Waals surface area contributed by atoms with Crippen molar-refractivity contribution in [1.29, 1.82) is 0 Å².